The van der Waals surface area contributed by atoms with Crippen molar-refractivity contribution in [1.29, 1.82) is 5.26 Å². The fourth-order valence-electron chi connectivity index (χ4n) is 1.42. The number of para-hydroxylation sites is 1. The first-order valence-electron chi connectivity index (χ1n) is 4.83. The maximum Gasteiger partial charge on any atom is 0.122 e. The molecular weight excluding hydrogens is 174 g/mol. The predicted octanol–water partition coefficient (Wildman–Crippen LogP) is 2.79. The topological polar surface area (TPSA) is 33.0 Å². The molecule has 0 fully saturated rings. The number of benzene rings is 1. The van der Waals surface area contributed by atoms with E-state index >= 15 is 0 Å². The van der Waals surface area contributed by atoms with Gasteiger partial charge in [-0.3, -0.25) is 0 Å². The van der Waals surface area contributed by atoms with Gasteiger partial charge in [-0.05, 0) is 24.5 Å². The first-order chi connectivity index (χ1) is 6.81. The summed E-state index contributed by atoms with van der Waals surface area (Å²) in [4.78, 5) is 0. The van der Waals surface area contributed by atoms with Crippen LogP contribution in [0.5, 0.6) is 5.75 Å². The van der Waals surface area contributed by atoms with Gasteiger partial charge >= 0.3 is 0 Å². The molecule has 1 aromatic carbocycles. The Morgan fingerprint density at radius 3 is 2.71 bits per heavy atom. The van der Waals surface area contributed by atoms with Crippen molar-refractivity contribution >= 4 is 0 Å². The van der Waals surface area contributed by atoms with Crippen LogP contribution in [0.4, 0.5) is 0 Å². The molecule has 0 saturated heterocycles. The summed E-state index contributed by atoms with van der Waals surface area (Å²) in [5.41, 5.74) is 1.11. The number of hydrogen-bond donors (Lipinski definition) is 0. The van der Waals surface area contributed by atoms with Gasteiger partial charge in [0, 0.05) is 0 Å². The third-order valence-corrected chi connectivity index (χ3v) is 2.33. The van der Waals surface area contributed by atoms with Crippen molar-refractivity contribution in [3.63, 3.8) is 0 Å². The summed E-state index contributed by atoms with van der Waals surface area (Å²) in [6.07, 6.45) is 1.66. The summed E-state index contributed by atoms with van der Waals surface area (Å²) < 4.78 is 5.23. The Hall–Kier alpha value is -1.49. The lowest BCUT2D eigenvalue weighted by atomic mass is 9.98. The van der Waals surface area contributed by atoms with E-state index in [1.54, 1.807) is 7.11 Å². The molecule has 0 aliphatic rings. The van der Waals surface area contributed by atoms with Gasteiger partial charge in [0.25, 0.3) is 0 Å². The fourth-order valence-corrected chi connectivity index (χ4v) is 1.42. The summed E-state index contributed by atoms with van der Waals surface area (Å²) in [7, 11) is 1.66. The Morgan fingerprint density at radius 2 is 2.14 bits per heavy atom. The molecule has 2 heteroatoms. The van der Waals surface area contributed by atoms with E-state index in [9.17, 15) is 0 Å². The number of hydrogen-bond acceptors (Lipinski definition) is 2. The first-order valence-corrected chi connectivity index (χ1v) is 4.83. The van der Waals surface area contributed by atoms with Crippen LogP contribution in [-0.4, -0.2) is 7.11 Å². The Labute approximate surface area is 85.1 Å². The van der Waals surface area contributed by atoms with E-state index in [4.69, 9.17) is 10.00 Å². The number of ether oxygens (including phenoxy) is 1. The number of nitrogens with zero attached hydrogens (tertiary/aromatic N) is 1. The van der Waals surface area contributed by atoms with E-state index in [1.165, 1.54) is 0 Å². The molecule has 0 aliphatic carbocycles. The minimum absolute atomic E-state index is 0.0892. The average Bonchev–Trinajstić information content (AvgIpc) is 2.26. The predicted molar refractivity (Wildman–Crippen MR) is 56.1 cm³/mol. The second kappa shape index (κ2) is 5.29. The second-order valence-corrected chi connectivity index (χ2v) is 3.25. The molecule has 74 valence electrons. The zero-order valence-electron chi connectivity index (χ0n) is 8.66. The summed E-state index contributed by atoms with van der Waals surface area (Å²) in [6.45, 7) is 2.03. The van der Waals surface area contributed by atoms with Gasteiger partial charge in [-0.25, -0.2) is 0 Å². The maximum atomic E-state index is 8.86. The smallest absolute Gasteiger partial charge is 0.122 e. The molecule has 1 atom stereocenters. The first kappa shape index (κ1) is 10.6. The van der Waals surface area contributed by atoms with Crippen LogP contribution < -0.4 is 4.74 Å². The van der Waals surface area contributed by atoms with E-state index in [-0.39, 0.29) is 5.92 Å². The van der Waals surface area contributed by atoms with Crippen LogP contribution >= 0.6 is 0 Å². The van der Waals surface area contributed by atoms with Crippen LogP contribution in [0.3, 0.4) is 0 Å². The molecular formula is C12H15NO. The average molecular weight is 189 g/mol. The molecule has 0 amide bonds. The zero-order chi connectivity index (χ0) is 10.4. The largest absolute Gasteiger partial charge is 0.496 e. The third kappa shape index (κ3) is 2.50. The minimum atomic E-state index is 0.0892. The highest BCUT2D eigenvalue weighted by molar-refractivity contribution is 5.33. The molecule has 0 saturated carbocycles. The normalized spacial score (nSPS) is 11.8. The minimum Gasteiger partial charge on any atom is -0.496 e. The standard InChI is InChI=1S/C12H15NO/c1-3-10(9-13)8-11-6-4-5-7-12(11)14-2/h4-7,10H,3,8H2,1-2H3. The molecule has 1 rings (SSSR count). The Balaban J connectivity index is 2.80. The van der Waals surface area contributed by atoms with E-state index in [0.29, 0.717) is 0 Å². The van der Waals surface area contributed by atoms with Gasteiger partial charge in [0.2, 0.25) is 0 Å². The molecule has 14 heavy (non-hydrogen) atoms. The zero-order valence-corrected chi connectivity index (χ0v) is 8.66. The van der Waals surface area contributed by atoms with Gasteiger partial charge in [-0.2, -0.15) is 5.26 Å². The highest BCUT2D eigenvalue weighted by Crippen LogP contribution is 2.21. The van der Waals surface area contributed by atoms with Crippen molar-refractivity contribution < 1.29 is 4.74 Å². The molecule has 0 spiro atoms. The lowest BCUT2D eigenvalue weighted by molar-refractivity contribution is 0.407. The SMILES string of the molecule is CCC(C#N)Cc1ccccc1OC. The van der Waals surface area contributed by atoms with Crippen LogP contribution in [0.15, 0.2) is 24.3 Å². The van der Waals surface area contributed by atoms with Gasteiger partial charge < -0.3 is 4.74 Å². The van der Waals surface area contributed by atoms with Crippen molar-refractivity contribution in [1.82, 2.24) is 0 Å². The summed E-state index contributed by atoms with van der Waals surface area (Å²) in [5.74, 6) is 0.965. The summed E-state index contributed by atoms with van der Waals surface area (Å²) in [6, 6.07) is 10.2. The number of nitriles is 1. The monoisotopic (exact) mass is 189 g/mol. The second-order valence-electron chi connectivity index (χ2n) is 3.25. The highest BCUT2D eigenvalue weighted by Gasteiger charge is 2.09. The lowest BCUT2D eigenvalue weighted by Crippen LogP contribution is -2.01. The Kier molecular flexibility index (Phi) is 4.00. The van der Waals surface area contributed by atoms with Gasteiger partial charge in [0.15, 0.2) is 0 Å². The molecule has 0 bridgehead atoms. The van der Waals surface area contributed by atoms with Crippen molar-refractivity contribution in [2.24, 2.45) is 5.92 Å². The van der Waals surface area contributed by atoms with Gasteiger partial charge in [-0.1, -0.05) is 25.1 Å². The van der Waals surface area contributed by atoms with Crippen molar-refractivity contribution in [2.75, 3.05) is 7.11 Å². The molecule has 1 unspecified atom stereocenters. The molecule has 0 radical (unpaired) electrons. The fraction of sp³-hybridized carbons (Fsp3) is 0.417. The Bertz CT molecular complexity index is 327. The van der Waals surface area contributed by atoms with Crippen LogP contribution in [0, 0.1) is 17.2 Å². The van der Waals surface area contributed by atoms with Crippen molar-refractivity contribution in [3.05, 3.63) is 29.8 Å². The highest BCUT2D eigenvalue weighted by atomic mass is 16.5. The number of rotatable bonds is 4. The molecule has 1 aromatic rings. The van der Waals surface area contributed by atoms with Crippen LogP contribution in [-0.2, 0) is 6.42 Å². The summed E-state index contributed by atoms with van der Waals surface area (Å²) >= 11 is 0. The van der Waals surface area contributed by atoms with E-state index < -0.39 is 0 Å². The lowest BCUT2D eigenvalue weighted by Gasteiger charge is -2.10. The van der Waals surface area contributed by atoms with E-state index in [0.717, 1.165) is 24.2 Å². The summed E-state index contributed by atoms with van der Waals surface area (Å²) in [5, 5.41) is 8.86. The quantitative estimate of drug-likeness (QED) is 0.729. The molecule has 0 aliphatic heterocycles. The maximum absolute atomic E-state index is 8.86. The van der Waals surface area contributed by atoms with Gasteiger partial charge in [0.05, 0.1) is 19.1 Å². The molecule has 2 nitrogen and oxygen atoms in total. The molecule has 0 N–H and O–H groups in total. The van der Waals surface area contributed by atoms with E-state index in [1.807, 2.05) is 31.2 Å². The third-order valence-electron chi connectivity index (χ3n) is 2.33. The van der Waals surface area contributed by atoms with Crippen molar-refractivity contribution in [3.8, 4) is 11.8 Å². The van der Waals surface area contributed by atoms with Gasteiger partial charge in [0.1, 0.15) is 5.75 Å². The van der Waals surface area contributed by atoms with Crippen LogP contribution in [0.1, 0.15) is 18.9 Å². The van der Waals surface area contributed by atoms with Crippen LogP contribution in [0.2, 0.25) is 0 Å². The van der Waals surface area contributed by atoms with Gasteiger partial charge in [-0.15, -0.1) is 0 Å². The Morgan fingerprint density at radius 1 is 1.43 bits per heavy atom. The van der Waals surface area contributed by atoms with Crippen LogP contribution in [0.25, 0.3) is 0 Å². The van der Waals surface area contributed by atoms with E-state index in [2.05, 4.69) is 6.07 Å². The molecule has 0 heterocycles. The number of methoxy groups -OCH3 is 1. The van der Waals surface area contributed by atoms with Crippen molar-refractivity contribution in [2.45, 2.75) is 19.8 Å². The molecule has 0 aromatic heterocycles.